The van der Waals surface area contributed by atoms with Crippen LogP contribution in [0.2, 0.25) is 5.02 Å². The monoisotopic (exact) mass is 483 g/mol. The zero-order valence-electron chi connectivity index (χ0n) is 18.4. The van der Waals surface area contributed by atoms with Gasteiger partial charge in [-0.2, -0.15) is 0 Å². The Labute approximate surface area is 203 Å². The van der Waals surface area contributed by atoms with Gasteiger partial charge in [-0.1, -0.05) is 29.8 Å². The maximum atomic E-state index is 13.9. The van der Waals surface area contributed by atoms with Crippen molar-refractivity contribution in [1.82, 2.24) is 9.88 Å². The third-order valence-electron chi connectivity index (χ3n) is 5.96. The molecule has 4 rings (SSSR count). The normalized spacial score (nSPS) is 14.8. The number of unbranched alkanes of at least 4 members (excludes halogenated alkanes) is 1. The molecule has 1 saturated heterocycles. The first-order valence-corrected chi connectivity index (χ1v) is 12.4. The highest BCUT2D eigenvalue weighted by molar-refractivity contribution is 7.10. The van der Waals surface area contributed by atoms with Crippen molar-refractivity contribution in [3.8, 4) is 11.1 Å². The summed E-state index contributed by atoms with van der Waals surface area (Å²) < 4.78 is 13.9. The number of benzene rings is 2. The molecule has 0 radical (unpaired) electrons. The fourth-order valence-corrected chi connectivity index (χ4v) is 5.22. The van der Waals surface area contributed by atoms with E-state index in [-0.39, 0.29) is 11.7 Å². The van der Waals surface area contributed by atoms with Gasteiger partial charge in [-0.15, -0.1) is 17.9 Å². The van der Waals surface area contributed by atoms with E-state index in [0.29, 0.717) is 27.9 Å². The number of carbonyl (C=O) groups is 1. The molecule has 0 unspecified atom stereocenters. The summed E-state index contributed by atoms with van der Waals surface area (Å²) in [5.41, 5.74) is 2.30. The molecule has 0 spiro atoms. The summed E-state index contributed by atoms with van der Waals surface area (Å²) in [5.74, 6) is -0.270. The van der Waals surface area contributed by atoms with E-state index in [1.54, 1.807) is 41.7 Å². The Balaban J connectivity index is 1.42. The van der Waals surface area contributed by atoms with E-state index in [0.717, 1.165) is 55.9 Å². The summed E-state index contributed by atoms with van der Waals surface area (Å²) in [6, 6.07) is 11.4. The van der Waals surface area contributed by atoms with Crippen molar-refractivity contribution in [3.63, 3.8) is 0 Å². The molecule has 4 nitrogen and oxygen atoms in total. The molecule has 1 aromatic heterocycles. The number of hydrogen-bond acceptors (Lipinski definition) is 4. The van der Waals surface area contributed by atoms with Gasteiger partial charge in [0.15, 0.2) is 0 Å². The lowest BCUT2D eigenvalue weighted by molar-refractivity contribution is 0.102. The minimum atomic E-state index is -0.371. The SMILES string of the molecule is C=CCCCN1CCC(c2nc(C(=O)Nc3ccc(F)cc3-c3ccc(Cl)cc3)cs2)CC1. The van der Waals surface area contributed by atoms with E-state index in [4.69, 9.17) is 11.6 Å². The topological polar surface area (TPSA) is 45.2 Å². The number of carbonyl (C=O) groups excluding carboxylic acids is 1. The lowest BCUT2D eigenvalue weighted by Gasteiger charge is -2.30. The second-order valence-corrected chi connectivity index (χ2v) is 9.59. The van der Waals surface area contributed by atoms with Crippen molar-refractivity contribution in [1.29, 1.82) is 0 Å². The summed E-state index contributed by atoms with van der Waals surface area (Å²) in [5, 5.41) is 6.33. The summed E-state index contributed by atoms with van der Waals surface area (Å²) >= 11 is 7.52. The fourth-order valence-electron chi connectivity index (χ4n) is 4.12. The van der Waals surface area contributed by atoms with Crippen LogP contribution in [-0.2, 0) is 0 Å². The number of amides is 1. The van der Waals surface area contributed by atoms with Crippen LogP contribution < -0.4 is 5.32 Å². The van der Waals surface area contributed by atoms with Gasteiger partial charge in [0, 0.05) is 27.6 Å². The van der Waals surface area contributed by atoms with Gasteiger partial charge in [-0.25, -0.2) is 9.37 Å². The Kier molecular flexibility index (Phi) is 7.91. The Morgan fingerprint density at radius 3 is 2.73 bits per heavy atom. The van der Waals surface area contributed by atoms with E-state index in [2.05, 4.69) is 21.8 Å². The molecule has 33 heavy (non-hydrogen) atoms. The van der Waals surface area contributed by atoms with Crippen molar-refractivity contribution in [2.75, 3.05) is 25.0 Å². The first kappa shape index (κ1) is 23.6. The van der Waals surface area contributed by atoms with Gasteiger partial charge in [-0.05, 0) is 81.2 Å². The number of hydrogen-bond donors (Lipinski definition) is 1. The van der Waals surface area contributed by atoms with E-state index >= 15 is 0 Å². The second-order valence-electron chi connectivity index (χ2n) is 8.27. The first-order chi connectivity index (χ1) is 16.0. The number of piperidine rings is 1. The number of anilines is 1. The van der Waals surface area contributed by atoms with E-state index < -0.39 is 0 Å². The summed E-state index contributed by atoms with van der Waals surface area (Å²) in [6.07, 6.45) is 6.29. The van der Waals surface area contributed by atoms with Gasteiger partial charge in [0.1, 0.15) is 11.5 Å². The fraction of sp³-hybridized carbons (Fsp3) is 0.308. The summed E-state index contributed by atoms with van der Waals surface area (Å²) in [6.45, 7) is 7.01. The average molecular weight is 484 g/mol. The summed E-state index contributed by atoms with van der Waals surface area (Å²) in [4.78, 5) is 20.1. The third kappa shape index (κ3) is 6.08. The standard InChI is InChI=1S/C26H27ClFN3OS/c1-2-3-4-13-31-14-11-19(12-15-31)26-30-24(17-33-26)25(32)29-23-10-9-21(28)16-22(23)18-5-7-20(27)8-6-18/h2,5-10,16-17,19H,1,3-4,11-15H2,(H,29,32). The smallest absolute Gasteiger partial charge is 0.275 e. The third-order valence-corrected chi connectivity index (χ3v) is 7.22. The molecular formula is C26H27ClFN3OS. The Bertz CT molecular complexity index is 1110. The van der Waals surface area contributed by atoms with Gasteiger partial charge in [-0.3, -0.25) is 4.79 Å². The molecule has 2 heterocycles. The first-order valence-electron chi connectivity index (χ1n) is 11.2. The number of halogens is 2. The van der Waals surface area contributed by atoms with Gasteiger partial charge < -0.3 is 10.2 Å². The number of nitrogens with one attached hydrogen (secondary N) is 1. The molecule has 7 heteroatoms. The number of rotatable bonds is 8. The molecule has 1 aliphatic rings. The van der Waals surface area contributed by atoms with Crippen molar-refractivity contribution < 1.29 is 9.18 Å². The second kappa shape index (κ2) is 11.1. The van der Waals surface area contributed by atoms with Gasteiger partial charge in [0.25, 0.3) is 5.91 Å². The number of allylic oxidation sites excluding steroid dienone is 1. The Morgan fingerprint density at radius 1 is 1.24 bits per heavy atom. The Morgan fingerprint density at radius 2 is 2.00 bits per heavy atom. The number of likely N-dealkylation sites (tertiary alicyclic amines) is 1. The average Bonchev–Trinajstić information content (AvgIpc) is 3.32. The van der Waals surface area contributed by atoms with Crippen LogP contribution in [-0.4, -0.2) is 35.4 Å². The molecule has 1 amide bonds. The highest BCUT2D eigenvalue weighted by atomic mass is 35.5. The van der Waals surface area contributed by atoms with Crippen LogP contribution in [0.3, 0.4) is 0 Å². The number of aromatic nitrogens is 1. The zero-order valence-corrected chi connectivity index (χ0v) is 20.0. The van der Waals surface area contributed by atoms with Crippen molar-refractivity contribution in [2.24, 2.45) is 0 Å². The van der Waals surface area contributed by atoms with Gasteiger partial charge in [0.05, 0.1) is 5.01 Å². The molecule has 0 bridgehead atoms. The molecule has 1 N–H and O–H groups in total. The maximum Gasteiger partial charge on any atom is 0.275 e. The van der Waals surface area contributed by atoms with Gasteiger partial charge >= 0.3 is 0 Å². The molecule has 0 atom stereocenters. The van der Waals surface area contributed by atoms with Crippen molar-refractivity contribution in [3.05, 3.63) is 82.0 Å². The number of thiazole rings is 1. The predicted molar refractivity (Wildman–Crippen MR) is 135 cm³/mol. The minimum absolute atomic E-state index is 0.291. The maximum absolute atomic E-state index is 13.9. The highest BCUT2D eigenvalue weighted by Gasteiger charge is 2.24. The van der Waals surface area contributed by atoms with Crippen LogP contribution >= 0.6 is 22.9 Å². The molecule has 2 aromatic carbocycles. The quantitative estimate of drug-likeness (QED) is 0.277. The zero-order chi connectivity index (χ0) is 23.2. The van der Waals surface area contributed by atoms with Crippen LogP contribution in [0.25, 0.3) is 11.1 Å². The van der Waals surface area contributed by atoms with E-state index in [1.165, 1.54) is 12.1 Å². The highest BCUT2D eigenvalue weighted by Crippen LogP contribution is 2.32. The van der Waals surface area contributed by atoms with Crippen LogP contribution in [0.4, 0.5) is 10.1 Å². The van der Waals surface area contributed by atoms with Gasteiger partial charge in [0.2, 0.25) is 0 Å². The molecular weight excluding hydrogens is 457 g/mol. The van der Waals surface area contributed by atoms with E-state index in [1.807, 2.05) is 11.5 Å². The van der Waals surface area contributed by atoms with Crippen molar-refractivity contribution >= 4 is 34.5 Å². The lowest BCUT2D eigenvalue weighted by Crippen LogP contribution is -2.33. The molecule has 0 aliphatic carbocycles. The predicted octanol–water partition coefficient (Wildman–Crippen LogP) is 7.00. The molecule has 0 saturated carbocycles. The number of nitrogens with zero attached hydrogens (tertiary/aromatic N) is 2. The molecule has 172 valence electrons. The Hall–Kier alpha value is -2.54. The van der Waals surface area contributed by atoms with Crippen LogP contribution in [0.1, 0.15) is 47.1 Å². The molecule has 1 fully saturated rings. The molecule has 1 aliphatic heterocycles. The van der Waals surface area contributed by atoms with Crippen LogP contribution in [0.15, 0.2) is 60.5 Å². The lowest BCUT2D eigenvalue weighted by atomic mass is 9.97. The van der Waals surface area contributed by atoms with E-state index in [9.17, 15) is 9.18 Å². The largest absolute Gasteiger partial charge is 0.320 e. The molecule has 3 aromatic rings. The van der Waals surface area contributed by atoms with Crippen molar-refractivity contribution in [2.45, 2.75) is 31.6 Å². The van der Waals surface area contributed by atoms with Crippen LogP contribution in [0.5, 0.6) is 0 Å². The minimum Gasteiger partial charge on any atom is -0.320 e. The van der Waals surface area contributed by atoms with Crippen LogP contribution in [0, 0.1) is 5.82 Å². The summed E-state index contributed by atoms with van der Waals surface area (Å²) in [7, 11) is 0.